The monoisotopic (exact) mass is 544 g/mol. The van der Waals surface area contributed by atoms with E-state index in [-0.39, 0.29) is 31.1 Å². The van der Waals surface area contributed by atoms with E-state index in [0.29, 0.717) is 11.6 Å². The zero-order valence-electron chi connectivity index (χ0n) is 19.3. The molecule has 0 atom stereocenters. The average molecular weight is 544 g/mol. The van der Waals surface area contributed by atoms with Gasteiger partial charge < -0.3 is 19.1 Å². The number of benzene rings is 3. The van der Waals surface area contributed by atoms with Crippen LogP contribution in [0.1, 0.15) is 11.1 Å². The standard InChI is InChI=1S/C24H21F5N2O5S/c1-35-11-10-31(23(32)30-18-8-9-21(25)22(26)14-18)15-16-4-2-6-19(12-16)36-37(33,34)20-7-3-5-17(13-20)24(27,28)29/h2-9,12-14H,10-11,15H2,1H3,(H,30,32). The second kappa shape index (κ2) is 11.6. The van der Waals surface area contributed by atoms with E-state index in [1.165, 1.54) is 36.3 Å². The van der Waals surface area contributed by atoms with E-state index in [4.69, 9.17) is 8.92 Å². The molecule has 0 aromatic heterocycles. The molecule has 1 N–H and O–H groups in total. The van der Waals surface area contributed by atoms with Gasteiger partial charge >= 0.3 is 22.3 Å². The second-order valence-electron chi connectivity index (χ2n) is 7.68. The molecule has 0 unspecified atom stereocenters. The zero-order chi connectivity index (χ0) is 27.2. The lowest BCUT2D eigenvalue weighted by molar-refractivity contribution is -0.137. The molecule has 0 bridgehead atoms. The number of nitrogens with zero attached hydrogens (tertiary/aromatic N) is 1. The molecule has 0 aliphatic rings. The van der Waals surface area contributed by atoms with Crippen molar-refractivity contribution >= 4 is 21.8 Å². The third-order valence-electron chi connectivity index (χ3n) is 4.95. The molecule has 2 amide bonds. The smallest absolute Gasteiger partial charge is 0.383 e. The lowest BCUT2D eigenvalue weighted by Gasteiger charge is -2.23. The Kier molecular flexibility index (Phi) is 8.71. The van der Waals surface area contributed by atoms with Crippen molar-refractivity contribution in [1.29, 1.82) is 0 Å². The predicted molar refractivity (Wildman–Crippen MR) is 123 cm³/mol. The van der Waals surface area contributed by atoms with Gasteiger partial charge in [0.25, 0.3) is 0 Å². The molecule has 0 aliphatic carbocycles. The highest BCUT2D eigenvalue weighted by Gasteiger charge is 2.32. The van der Waals surface area contributed by atoms with Crippen LogP contribution < -0.4 is 9.50 Å². The van der Waals surface area contributed by atoms with Gasteiger partial charge in [-0.2, -0.15) is 21.6 Å². The van der Waals surface area contributed by atoms with Gasteiger partial charge in [-0.3, -0.25) is 0 Å². The van der Waals surface area contributed by atoms with Crippen molar-refractivity contribution < 1.29 is 44.1 Å². The number of rotatable bonds is 9. The molecular weight excluding hydrogens is 523 g/mol. The molecule has 0 spiro atoms. The van der Waals surface area contributed by atoms with Crippen LogP contribution in [0.25, 0.3) is 0 Å². The fourth-order valence-electron chi connectivity index (χ4n) is 3.15. The summed E-state index contributed by atoms with van der Waals surface area (Å²) < 4.78 is 101. The summed E-state index contributed by atoms with van der Waals surface area (Å²) in [6.45, 7) is 0.143. The molecule has 7 nitrogen and oxygen atoms in total. The number of hydrogen-bond acceptors (Lipinski definition) is 5. The largest absolute Gasteiger partial charge is 0.416 e. The summed E-state index contributed by atoms with van der Waals surface area (Å²) in [5.74, 6) is -2.41. The summed E-state index contributed by atoms with van der Waals surface area (Å²) in [5, 5.41) is 2.44. The summed E-state index contributed by atoms with van der Waals surface area (Å²) in [6, 6.07) is 10.9. The van der Waals surface area contributed by atoms with Crippen LogP contribution in [0, 0.1) is 11.6 Å². The van der Waals surface area contributed by atoms with E-state index < -0.39 is 44.4 Å². The Morgan fingerprint density at radius 2 is 1.70 bits per heavy atom. The van der Waals surface area contributed by atoms with Crippen LogP contribution in [-0.4, -0.2) is 39.6 Å². The third kappa shape index (κ3) is 7.64. The molecule has 0 saturated heterocycles. The highest BCUT2D eigenvalue weighted by atomic mass is 32.2. The van der Waals surface area contributed by atoms with E-state index in [9.17, 15) is 35.2 Å². The molecule has 198 valence electrons. The van der Waals surface area contributed by atoms with Gasteiger partial charge in [-0.05, 0) is 48.0 Å². The molecule has 3 aromatic rings. The number of hydrogen-bond donors (Lipinski definition) is 1. The maximum Gasteiger partial charge on any atom is 0.416 e. The fourth-order valence-corrected chi connectivity index (χ4v) is 4.12. The number of alkyl halides is 3. The van der Waals surface area contributed by atoms with Crippen LogP contribution in [-0.2, 0) is 27.6 Å². The van der Waals surface area contributed by atoms with Crippen molar-refractivity contribution in [1.82, 2.24) is 4.90 Å². The lowest BCUT2D eigenvalue weighted by Crippen LogP contribution is -2.36. The Hall–Kier alpha value is -3.71. The van der Waals surface area contributed by atoms with Gasteiger partial charge in [-0.1, -0.05) is 18.2 Å². The van der Waals surface area contributed by atoms with Gasteiger partial charge in [-0.25, -0.2) is 13.6 Å². The first-order valence-electron chi connectivity index (χ1n) is 10.6. The number of ether oxygens (including phenoxy) is 1. The number of urea groups is 1. The van der Waals surface area contributed by atoms with Crippen molar-refractivity contribution in [2.24, 2.45) is 0 Å². The normalized spacial score (nSPS) is 11.7. The first-order valence-corrected chi connectivity index (χ1v) is 12.0. The number of halogens is 5. The third-order valence-corrected chi connectivity index (χ3v) is 6.19. The highest BCUT2D eigenvalue weighted by Crippen LogP contribution is 2.31. The minimum absolute atomic E-state index is 0.00980. The summed E-state index contributed by atoms with van der Waals surface area (Å²) in [4.78, 5) is 13.3. The van der Waals surface area contributed by atoms with E-state index in [1.807, 2.05) is 0 Å². The van der Waals surface area contributed by atoms with Crippen LogP contribution in [0.4, 0.5) is 32.4 Å². The quantitative estimate of drug-likeness (QED) is 0.287. The van der Waals surface area contributed by atoms with Crippen LogP contribution in [0.15, 0.2) is 71.6 Å². The molecule has 0 saturated carbocycles. The van der Waals surface area contributed by atoms with Crippen molar-refractivity contribution in [2.45, 2.75) is 17.6 Å². The number of methoxy groups -OCH3 is 1. The Morgan fingerprint density at radius 3 is 2.38 bits per heavy atom. The van der Waals surface area contributed by atoms with E-state index in [0.717, 1.165) is 30.3 Å². The molecule has 13 heteroatoms. The van der Waals surface area contributed by atoms with Crippen LogP contribution in [0.3, 0.4) is 0 Å². The van der Waals surface area contributed by atoms with Gasteiger partial charge in [0.2, 0.25) is 0 Å². The summed E-state index contributed by atoms with van der Waals surface area (Å²) in [7, 11) is -3.18. The number of amides is 2. The minimum atomic E-state index is -4.74. The van der Waals surface area contributed by atoms with Gasteiger partial charge in [0.1, 0.15) is 10.6 Å². The Balaban J connectivity index is 1.78. The zero-order valence-corrected chi connectivity index (χ0v) is 20.1. The average Bonchev–Trinajstić information content (AvgIpc) is 2.83. The van der Waals surface area contributed by atoms with Gasteiger partial charge in [0.05, 0.1) is 12.2 Å². The number of nitrogens with one attached hydrogen (secondary N) is 1. The maximum atomic E-state index is 13.5. The van der Waals surface area contributed by atoms with Gasteiger partial charge in [0, 0.05) is 32.0 Å². The van der Waals surface area contributed by atoms with Crippen LogP contribution >= 0.6 is 0 Å². The van der Waals surface area contributed by atoms with E-state index in [1.54, 1.807) is 6.07 Å². The summed E-state index contributed by atoms with van der Waals surface area (Å²) >= 11 is 0. The number of anilines is 1. The lowest BCUT2D eigenvalue weighted by atomic mass is 10.2. The maximum absolute atomic E-state index is 13.5. The summed E-state index contributed by atoms with van der Waals surface area (Å²) in [5.41, 5.74) is -0.726. The van der Waals surface area contributed by atoms with Crippen molar-refractivity contribution in [3.05, 3.63) is 89.5 Å². The molecule has 0 heterocycles. The molecular formula is C24H21F5N2O5S. The van der Waals surface area contributed by atoms with E-state index >= 15 is 0 Å². The van der Waals surface area contributed by atoms with Crippen LogP contribution in [0.2, 0.25) is 0 Å². The molecule has 0 radical (unpaired) electrons. The first kappa shape index (κ1) is 27.9. The van der Waals surface area contributed by atoms with Gasteiger partial charge in [-0.15, -0.1) is 0 Å². The molecule has 3 rings (SSSR count). The molecule has 37 heavy (non-hydrogen) atoms. The molecule has 0 aliphatic heterocycles. The van der Waals surface area contributed by atoms with Gasteiger partial charge in [0.15, 0.2) is 11.6 Å². The number of carbonyl (C=O) groups is 1. The topological polar surface area (TPSA) is 84.9 Å². The van der Waals surface area contributed by atoms with Crippen LogP contribution in [0.5, 0.6) is 5.75 Å². The van der Waals surface area contributed by atoms with E-state index in [2.05, 4.69) is 5.32 Å². The molecule has 3 aromatic carbocycles. The second-order valence-corrected chi connectivity index (χ2v) is 9.23. The Bertz CT molecular complexity index is 1370. The summed E-state index contributed by atoms with van der Waals surface area (Å²) in [6.07, 6.45) is -4.74. The predicted octanol–water partition coefficient (Wildman–Crippen LogP) is 5.43. The van der Waals surface area contributed by atoms with Crippen molar-refractivity contribution in [2.75, 3.05) is 25.6 Å². The van der Waals surface area contributed by atoms with Crippen molar-refractivity contribution in [3.8, 4) is 5.75 Å². The van der Waals surface area contributed by atoms with Crippen molar-refractivity contribution in [3.63, 3.8) is 0 Å². The molecule has 0 fully saturated rings. The first-order chi connectivity index (χ1) is 17.4. The SMILES string of the molecule is COCCN(Cc1cccc(OS(=O)(=O)c2cccc(C(F)(F)F)c2)c1)C(=O)Nc1ccc(F)c(F)c1. The fraction of sp³-hybridized carbons (Fsp3) is 0.208. The number of carbonyl (C=O) groups excluding carboxylic acids is 1. The minimum Gasteiger partial charge on any atom is -0.383 e. The highest BCUT2D eigenvalue weighted by molar-refractivity contribution is 7.87. The Morgan fingerprint density at radius 1 is 0.973 bits per heavy atom. The Labute approximate surface area is 209 Å².